The molecule has 0 bridgehead atoms. The molecule has 1 aliphatic heterocycles. The van der Waals surface area contributed by atoms with E-state index in [-0.39, 0.29) is 5.91 Å². The Labute approximate surface area is 158 Å². The van der Waals surface area contributed by atoms with Gasteiger partial charge in [-0.1, -0.05) is 28.1 Å². The number of likely N-dealkylation sites (tertiary alicyclic amines) is 1. The molecule has 1 saturated heterocycles. The lowest BCUT2D eigenvalue weighted by atomic mass is 10.1. The van der Waals surface area contributed by atoms with E-state index in [9.17, 15) is 4.79 Å². The number of carbonyl (C=O) groups excluding carboxylic acids is 1. The molecule has 138 valence electrons. The lowest BCUT2D eigenvalue weighted by molar-refractivity contribution is -0.122. The molecule has 1 aromatic rings. The number of piperidine rings is 1. The minimum Gasteiger partial charge on any atom is -0.358 e. The summed E-state index contributed by atoms with van der Waals surface area (Å²) in [4.78, 5) is 18.4. The number of rotatable bonds is 6. The van der Waals surface area contributed by atoms with Crippen LogP contribution in [0.2, 0.25) is 0 Å². The molecule has 0 radical (unpaired) electrons. The van der Waals surface area contributed by atoms with Crippen molar-refractivity contribution in [3.8, 4) is 0 Å². The van der Waals surface area contributed by atoms with E-state index in [1.807, 2.05) is 12.1 Å². The monoisotopic (exact) mass is 409 g/mol. The molecule has 25 heavy (non-hydrogen) atoms. The van der Waals surface area contributed by atoms with Gasteiger partial charge in [0.05, 0.1) is 13.1 Å². The molecule has 0 unspecified atom stereocenters. The fourth-order valence-electron chi connectivity index (χ4n) is 2.79. The van der Waals surface area contributed by atoms with E-state index in [2.05, 4.69) is 60.8 Å². The molecule has 1 amide bonds. The van der Waals surface area contributed by atoms with E-state index in [4.69, 9.17) is 0 Å². The van der Waals surface area contributed by atoms with Crippen LogP contribution in [0.4, 0.5) is 0 Å². The molecule has 6 nitrogen and oxygen atoms in total. The maximum Gasteiger partial charge on any atom is 0.233 e. The summed E-state index contributed by atoms with van der Waals surface area (Å²) in [7, 11) is 1.68. The summed E-state index contributed by atoms with van der Waals surface area (Å²) in [6.07, 6.45) is 2.03. The minimum atomic E-state index is 0.0795. The lowest BCUT2D eigenvalue weighted by Gasteiger charge is -2.32. The van der Waals surface area contributed by atoms with Crippen molar-refractivity contribution in [1.29, 1.82) is 0 Å². The standard InChI is InChI=1S/C18H28BrN5O/c1-3-21-18(22-12-14-4-6-15(19)7-5-14)23-16-8-10-24(11-9-16)13-17(25)20-2/h4-7,16H,3,8-13H2,1-2H3,(H,20,25)(H2,21,22,23). The van der Waals surface area contributed by atoms with Crippen molar-refractivity contribution in [3.63, 3.8) is 0 Å². The van der Waals surface area contributed by atoms with Crippen molar-refractivity contribution in [2.24, 2.45) is 4.99 Å². The minimum absolute atomic E-state index is 0.0795. The van der Waals surface area contributed by atoms with Crippen LogP contribution in [0.1, 0.15) is 25.3 Å². The van der Waals surface area contributed by atoms with Gasteiger partial charge in [-0.05, 0) is 37.5 Å². The normalized spacial score (nSPS) is 16.5. The number of carbonyl (C=O) groups is 1. The van der Waals surface area contributed by atoms with Crippen molar-refractivity contribution in [1.82, 2.24) is 20.9 Å². The number of nitrogens with one attached hydrogen (secondary N) is 3. The summed E-state index contributed by atoms with van der Waals surface area (Å²) in [6.45, 7) is 5.90. The molecule has 7 heteroatoms. The van der Waals surface area contributed by atoms with Crippen LogP contribution in [0.3, 0.4) is 0 Å². The van der Waals surface area contributed by atoms with E-state index in [1.165, 1.54) is 5.56 Å². The zero-order chi connectivity index (χ0) is 18.1. The van der Waals surface area contributed by atoms with E-state index in [1.54, 1.807) is 7.05 Å². The average molecular weight is 410 g/mol. The van der Waals surface area contributed by atoms with Crippen molar-refractivity contribution in [3.05, 3.63) is 34.3 Å². The SMILES string of the molecule is CCNC(=NCc1ccc(Br)cc1)NC1CCN(CC(=O)NC)CC1. The summed E-state index contributed by atoms with van der Waals surface area (Å²) < 4.78 is 1.08. The van der Waals surface area contributed by atoms with Crippen molar-refractivity contribution >= 4 is 27.8 Å². The first-order valence-corrected chi connectivity index (χ1v) is 9.62. The topological polar surface area (TPSA) is 68.8 Å². The van der Waals surface area contributed by atoms with E-state index in [0.29, 0.717) is 19.1 Å². The third kappa shape index (κ3) is 7.04. The Morgan fingerprint density at radius 1 is 1.28 bits per heavy atom. The molecule has 1 aliphatic rings. The third-order valence-electron chi connectivity index (χ3n) is 4.25. The first-order valence-electron chi connectivity index (χ1n) is 8.83. The van der Waals surface area contributed by atoms with Crippen LogP contribution < -0.4 is 16.0 Å². The Hall–Kier alpha value is -1.60. The lowest BCUT2D eigenvalue weighted by Crippen LogP contribution is -2.50. The number of likely N-dealkylation sites (N-methyl/N-ethyl adjacent to an activating group) is 1. The summed E-state index contributed by atoms with van der Waals surface area (Å²) in [5.74, 6) is 0.936. The van der Waals surface area contributed by atoms with Gasteiger partial charge in [-0.2, -0.15) is 0 Å². The molecule has 1 fully saturated rings. The quantitative estimate of drug-likeness (QED) is 0.494. The van der Waals surface area contributed by atoms with Gasteiger partial charge >= 0.3 is 0 Å². The van der Waals surface area contributed by atoms with E-state index in [0.717, 1.165) is 42.9 Å². The van der Waals surface area contributed by atoms with Gasteiger partial charge in [-0.3, -0.25) is 9.69 Å². The molecule has 3 N–H and O–H groups in total. The Balaban J connectivity index is 1.83. The van der Waals surface area contributed by atoms with Crippen LogP contribution in [-0.4, -0.2) is 56.0 Å². The summed E-state index contributed by atoms with van der Waals surface area (Å²) in [5, 5.41) is 9.52. The molecule has 1 heterocycles. The fraction of sp³-hybridized carbons (Fsp3) is 0.556. The van der Waals surface area contributed by atoms with Crippen molar-refractivity contribution < 1.29 is 4.79 Å². The van der Waals surface area contributed by atoms with Gasteiger partial charge in [0.25, 0.3) is 0 Å². The number of aliphatic imine (C=N–C) groups is 1. The largest absolute Gasteiger partial charge is 0.358 e. The second-order valence-electron chi connectivity index (χ2n) is 6.19. The molecular weight excluding hydrogens is 382 g/mol. The molecule has 1 aromatic carbocycles. The van der Waals surface area contributed by atoms with Crippen molar-refractivity contribution in [2.45, 2.75) is 32.4 Å². The highest BCUT2D eigenvalue weighted by atomic mass is 79.9. The zero-order valence-electron chi connectivity index (χ0n) is 15.0. The third-order valence-corrected chi connectivity index (χ3v) is 4.78. The van der Waals surface area contributed by atoms with Gasteiger partial charge in [0.2, 0.25) is 5.91 Å². The molecule has 0 aromatic heterocycles. The maximum absolute atomic E-state index is 11.5. The Morgan fingerprint density at radius 2 is 1.96 bits per heavy atom. The van der Waals surface area contributed by atoms with Crippen LogP contribution in [0.5, 0.6) is 0 Å². The van der Waals surface area contributed by atoms with Crippen LogP contribution in [0.25, 0.3) is 0 Å². The van der Waals surface area contributed by atoms with Crippen LogP contribution in [0.15, 0.2) is 33.7 Å². The first kappa shape index (κ1) is 19.7. The maximum atomic E-state index is 11.5. The highest BCUT2D eigenvalue weighted by Gasteiger charge is 2.21. The number of guanidine groups is 1. The van der Waals surface area contributed by atoms with Gasteiger partial charge in [0.15, 0.2) is 5.96 Å². The van der Waals surface area contributed by atoms with Crippen LogP contribution in [0, 0.1) is 0 Å². The van der Waals surface area contributed by atoms with Gasteiger partial charge in [0.1, 0.15) is 0 Å². The fourth-order valence-corrected chi connectivity index (χ4v) is 3.06. The highest BCUT2D eigenvalue weighted by molar-refractivity contribution is 9.10. The number of amides is 1. The first-order chi connectivity index (χ1) is 12.1. The molecule has 0 atom stereocenters. The zero-order valence-corrected chi connectivity index (χ0v) is 16.6. The van der Waals surface area contributed by atoms with Gasteiger partial charge < -0.3 is 16.0 Å². The molecule has 0 aliphatic carbocycles. The Bertz CT molecular complexity index is 567. The molecule has 0 saturated carbocycles. The second-order valence-corrected chi connectivity index (χ2v) is 7.11. The van der Waals surface area contributed by atoms with Gasteiger partial charge in [0, 0.05) is 37.2 Å². The summed E-state index contributed by atoms with van der Waals surface area (Å²) >= 11 is 3.45. The number of halogens is 1. The van der Waals surface area contributed by atoms with E-state index < -0.39 is 0 Å². The van der Waals surface area contributed by atoms with Crippen molar-refractivity contribution in [2.75, 3.05) is 33.2 Å². The van der Waals surface area contributed by atoms with Gasteiger partial charge in [-0.25, -0.2) is 4.99 Å². The summed E-state index contributed by atoms with van der Waals surface area (Å²) in [6, 6.07) is 8.62. The predicted molar refractivity (Wildman–Crippen MR) is 106 cm³/mol. The average Bonchev–Trinajstić information content (AvgIpc) is 2.62. The summed E-state index contributed by atoms with van der Waals surface area (Å²) in [5.41, 5.74) is 1.18. The number of hydrogen-bond donors (Lipinski definition) is 3. The van der Waals surface area contributed by atoms with E-state index >= 15 is 0 Å². The number of nitrogens with zero attached hydrogens (tertiary/aromatic N) is 2. The number of benzene rings is 1. The molecular formula is C18H28BrN5O. The smallest absolute Gasteiger partial charge is 0.233 e. The van der Waals surface area contributed by atoms with Crippen LogP contribution >= 0.6 is 15.9 Å². The highest BCUT2D eigenvalue weighted by Crippen LogP contribution is 2.12. The Kier molecular flexibility index (Phi) is 8.21. The van der Waals surface area contributed by atoms with Crippen LogP contribution in [-0.2, 0) is 11.3 Å². The predicted octanol–water partition coefficient (Wildman–Crippen LogP) is 1.71. The molecule has 0 spiro atoms. The Morgan fingerprint density at radius 3 is 2.56 bits per heavy atom. The second kappa shape index (κ2) is 10.4. The van der Waals surface area contributed by atoms with Gasteiger partial charge in [-0.15, -0.1) is 0 Å². The number of hydrogen-bond acceptors (Lipinski definition) is 3. The molecule has 2 rings (SSSR count).